The molecule has 1 spiro atoms. The molecule has 0 unspecified atom stereocenters. The second-order valence-corrected chi connectivity index (χ2v) is 9.79. The fourth-order valence-electron chi connectivity index (χ4n) is 6.60. The number of carboxylic acid groups (broad SMARTS) is 1. The van der Waals surface area contributed by atoms with Gasteiger partial charge in [-0.1, -0.05) is 23.4 Å². The van der Waals surface area contributed by atoms with Crippen molar-refractivity contribution < 1.29 is 28.8 Å². The molecule has 2 aromatic rings. The predicted octanol–water partition coefficient (Wildman–Crippen LogP) is 1.45. The molecule has 196 valence electrons. The lowest BCUT2D eigenvalue weighted by molar-refractivity contribution is -0.138. The van der Waals surface area contributed by atoms with Gasteiger partial charge in [0.2, 0.25) is 11.7 Å². The molecule has 3 atom stereocenters. The zero-order valence-electron chi connectivity index (χ0n) is 20.5. The molecule has 0 saturated carbocycles. The van der Waals surface area contributed by atoms with Crippen molar-refractivity contribution in [2.24, 2.45) is 5.92 Å². The van der Waals surface area contributed by atoms with E-state index in [1.54, 1.807) is 11.0 Å². The van der Waals surface area contributed by atoms with Crippen LogP contribution in [-0.4, -0.2) is 83.0 Å². The molecule has 3 amide bonds. The van der Waals surface area contributed by atoms with Crippen LogP contribution in [0.1, 0.15) is 48.2 Å². The van der Waals surface area contributed by atoms with E-state index in [1.807, 2.05) is 29.2 Å². The minimum absolute atomic E-state index is 0.00519. The molecule has 11 heteroatoms. The summed E-state index contributed by atoms with van der Waals surface area (Å²) in [5, 5.41) is 13.6. The van der Waals surface area contributed by atoms with Crippen molar-refractivity contribution in [2.75, 3.05) is 37.6 Å². The van der Waals surface area contributed by atoms with Gasteiger partial charge in [0.15, 0.2) is 0 Å². The van der Waals surface area contributed by atoms with Crippen molar-refractivity contribution >= 4 is 29.9 Å². The number of carbonyl (C=O) groups excluding carboxylic acids is 3. The molecule has 5 heterocycles. The summed E-state index contributed by atoms with van der Waals surface area (Å²) in [5.74, 6) is -0.494. The summed E-state index contributed by atoms with van der Waals surface area (Å²) in [6.45, 7) is 2.51. The standard InChI is InChI=1S/C25H29N5O4.CH2O2/c31-22-19-16-17-6-3-15-30(17)25(19)18-7-1-2-8-20(18)29(24(25)33)14-5-13-28(12-4-10-26-22)23(32)21-9-11-27-34-21;2-1-3/h1-2,7-9,11,17,19H,3-6,10,12-16H2,(H,26,31);1H,(H,2,3)/t17-,19-,25+;/m0./s1. The van der Waals surface area contributed by atoms with Crippen molar-refractivity contribution in [2.45, 2.75) is 43.7 Å². The Morgan fingerprint density at radius 1 is 1.11 bits per heavy atom. The number of amides is 3. The normalized spacial score (nSPS) is 27.5. The van der Waals surface area contributed by atoms with Gasteiger partial charge in [-0.05, 0) is 44.7 Å². The highest BCUT2D eigenvalue weighted by molar-refractivity contribution is 6.11. The molecular weight excluding hydrogens is 478 g/mol. The molecule has 3 fully saturated rings. The van der Waals surface area contributed by atoms with Gasteiger partial charge in [0, 0.05) is 49.5 Å². The van der Waals surface area contributed by atoms with Crippen molar-refractivity contribution in [1.82, 2.24) is 20.3 Å². The van der Waals surface area contributed by atoms with Crippen LogP contribution in [0.15, 0.2) is 41.1 Å². The molecular formula is C26H31N5O6. The first-order valence-corrected chi connectivity index (χ1v) is 12.8. The van der Waals surface area contributed by atoms with Crippen LogP contribution < -0.4 is 10.2 Å². The molecule has 2 N–H and O–H groups in total. The highest BCUT2D eigenvalue weighted by Crippen LogP contribution is 2.57. The van der Waals surface area contributed by atoms with Crippen molar-refractivity contribution in [3.8, 4) is 0 Å². The zero-order valence-corrected chi connectivity index (χ0v) is 20.5. The van der Waals surface area contributed by atoms with Crippen molar-refractivity contribution in [1.29, 1.82) is 0 Å². The van der Waals surface area contributed by atoms with E-state index in [4.69, 9.17) is 14.4 Å². The molecule has 37 heavy (non-hydrogen) atoms. The fraction of sp³-hybridized carbons (Fsp3) is 0.500. The number of hydrogen-bond donors (Lipinski definition) is 2. The molecule has 0 aliphatic carbocycles. The van der Waals surface area contributed by atoms with Crippen LogP contribution in [0.3, 0.4) is 0 Å². The van der Waals surface area contributed by atoms with E-state index >= 15 is 0 Å². The Hall–Kier alpha value is -3.73. The Morgan fingerprint density at radius 3 is 2.68 bits per heavy atom. The molecule has 0 radical (unpaired) electrons. The van der Waals surface area contributed by atoms with E-state index < -0.39 is 11.5 Å². The number of fused-ring (bicyclic) bond motifs is 4. The molecule has 1 aromatic heterocycles. The number of hydrogen-bond acceptors (Lipinski definition) is 7. The Bertz CT molecular complexity index is 1170. The summed E-state index contributed by atoms with van der Waals surface area (Å²) in [7, 11) is 0. The van der Waals surface area contributed by atoms with Gasteiger partial charge in [0.05, 0.1) is 12.1 Å². The number of nitrogens with one attached hydrogen (secondary N) is 1. The van der Waals surface area contributed by atoms with Crippen LogP contribution >= 0.6 is 0 Å². The van der Waals surface area contributed by atoms with Crippen molar-refractivity contribution in [3.05, 3.63) is 47.9 Å². The van der Waals surface area contributed by atoms with Gasteiger partial charge in [0.25, 0.3) is 18.3 Å². The average Bonchev–Trinajstić information content (AvgIpc) is 3.68. The first-order valence-electron chi connectivity index (χ1n) is 12.8. The van der Waals surface area contributed by atoms with Gasteiger partial charge < -0.3 is 24.7 Å². The third kappa shape index (κ3) is 4.07. The lowest BCUT2D eigenvalue weighted by Gasteiger charge is -2.37. The number of anilines is 1. The van der Waals surface area contributed by atoms with Gasteiger partial charge in [-0.25, -0.2) is 0 Å². The summed E-state index contributed by atoms with van der Waals surface area (Å²) in [4.78, 5) is 55.0. The second kappa shape index (κ2) is 10.3. The van der Waals surface area contributed by atoms with E-state index in [2.05, 4.69) is 15.4 Å². The Labute approximate surface area is 214 Å². The number of carbonyl (C=O) groups is 4. The van der Waals surface area contributed by atoms with E-state index in [0.717, 1.165) is 30.6 Å². The largest absolute Gasteiger partial charge is 0.483 e. The SMILES string of the molecule is O=C1NCCCN(C(=O)c2ccno2)CCCN2C(=O)[C@@]3(c4ccccc42)[C@H]1C[C@@H]1CCCN13.O=CO. The predicted molar refractivity (Wildman–Crippen MR) is 132 cm³/mol. The molecule has 4 aliphatic heterocycles. The van der Waals surface area contributed by atoms with Gasteiger partial charge in [0.1, 0.15) is 5.54 Å². The Morgan fingerprint density at radius 2 is 1.89 bits per heavy atom. The Kier molecular flexibility index (Phi) is 6.96. The van der Waals surface area contributed by atoms with Gasteiger partial charge >= 0.3 is 0 Å². The zero-order chi connectivity index (χ0) is 26.0. The number of para-hydroxylation sites is 1. The van der Waals surface area contributed by atoms with E-state index in [0.29, 0.717) is 45.4 Å². The van der Waals surface area contributed by atoms with Crippen LogP contribution in [-0.2, 0) is 19.9 Å². The molecule has 1 aromatic carbocycles. The van der Waals surface area contributed by atoms with Gasteiger partial charge in [-0.15, -0.1) is 0 Å². The highest BCUT2D eigenvalue weighted by Gasteiger charge is 2.66. The molecule has 6 rings (SSSR count). The number of aromatic nitrogens is 1. The Balaban J connectivity index is 0.000000892. The molecule has 4 aliphatic rings. The third-order valence-electron chi connectivity index (χ3n) is 7.99. The van der Waals surface area contributed by atoms with E-state index in [9.17, 15) is 14.4 Å². The van der Waals surface area contributed by atoms with Gasteiger partial charge in [-0.3, -0.25) is 24.1 Å². The molecule has 3 saturated heterocycles. The first-order chi connectivity index (χ1) is 18.0. The number of rotatable bonds is 1. The quantitative estimate of drug-likeness (QED) is 0.552. The third-order valence-corrected chi connectivity index (χ3v) is 7.99. The number of nitrogens with zero attached hydrogens (tertiary/aromatic N) is 4. The lowest BCUT2D eigenvalue weighted by Crippen LogP contribution is -2.56. The second-order valence-electron chi connectivity index (χ2n) is 9.79. The minimum Gasteiger partial charge on any atom is -0.483 e. The molecule has 2 bridgehead atoms. The summed E-state index contributed by atoms with van der Waals surface area (Å²) in [5.41, 5.74) is 0.921. The van der Waals surface area contributed by atoms with E-state index in [1.165, 1.54) is 6.20 Å². The topological polar surface area (TPSA) is 136 Å². The maximum absolute atomic E-state index is 14.3. The van der Waals surface area contributed by atoms with E-state index in [-0.39, 0.29) is 36.0 Å². The summed E-state index contributed by atoms with van der Waals surface area (Å²) in [6.07, 6.45) is 5.50. The lowest BCUT2D eigenvalue weighted by atomic mass is 9.78. The number of benzene rings is 1. The van der Waals surface area contributed by atoms with Gasteiger partial charge in [-0.2, -0.15) is 0 Å². The first kappa shape index (κ1) is 24.9. The minimum atomic E-state index is -0.925. The van der Waals surface area contributed by atoms with Crippen LogP contribution in [0.4, 0.5) is 5.69 Å². The fourth-order valence-corrected chi connectivity index (χ4v) is 6.60. The monoisotopic (exact) mass is 509 g/mol. The van der Waals surface area contributed by atoms with Crippen LogP contribution in [0.2, 0.25) is 0 Å². The van der Waals surface area contributed by atoms with Crippen molar-refractivity contribution in [3.63, 3.8) is 0 Å². The summed E-state index contributed by atoms with van der Waals surface area (Å²) in [6, 6.07) is 9.76. The maximum atomic E-state index is 14.3. The van der Waals surface area contributed by atoms with Crippen LogP contribution in [0, 0.1) is 5.92 Å². The summed E-state index contributed by atoms with van der Waals surface area (Å²) < 4.78 is 5.08. The van der Waals surface area contributed by atoms with Crippen LogP contribution in [0.5, 0.6) is 0 Å². The molecule has 11 nitrogen and oxygen atoms in total. The van der Waals surface area contributed by atoms with Crippen LogP contribution in [0.25, 0.3) is 0 Å². The average molecular weight is 510 g/mol. The summed E-state index contributed by atoms with van der Waals surface area (Å²) >= 11 is 0. The smallest absolute Gasteiger partial charge is 0.292 e. The highest BCUT2D eigenvalue weighted by atomic mass is 16.5. The maximum Gasteiger partial charge on any atom is 0.292 e.